The third-order valence-electron chi connectivity index (χ3n) is 5.81. The van der Waals surface area contributed by atoms with Gasteiger partial charge in [0.05, 0.1) is 41.1 Å². The maximum atomic E-state index is 13.8. The molecule has 5 aromatic rings. The number of rotatable bonds is 5. The van der Waals surface area contributed by atoms with E-state index in [1.54, 1.807) is 54.2 Å². The molecule has 1 aromatic carbocycles. The largest absolute Gasteiger partial charge is 0.417 e. The lowest BCUT2D eigenvalue weighted by Gasteiger charge is -2.28. The maximum absolute atomic E-state index is 13.8. The lowest BCUT2D eigenvalue weighted by molar-refractivity contribution is -0.137. The number of alkyl halides is 3. The first-order valence-electron chi connectivity index (χ1n) is 10.8. The zero-order chi connectivity index (χ0) is 25.4. The molecule has 1 amide bonds. The van der Waals surface area contributed by atoms with Crippen molar-refractivity contribution in [1.82, 2.24) is 34.2 Å². The smallest absolute Gasteiger partial charge is 0.369 e. The molecule has 2 N–H and O–H groups in total. The molecule has 1 atom stereocenters. The highest BCUT2D eigenvalue weighted by molar-refractivity contribution is 6.02. The van der Waals surface area contributed by atoms with Gasteiger partial charge in [0, 0.05) is 29.5 Å². The van der Waals surface area contributed by atoms with Crippen molar-refractivity contribution >= 4 is 28.3 Å². The van der Waals surface area contributed by atoms with Crippen LogP contribution >= 0.6 is 0 Å². The number of fused-ring (bicyclic) bond motifs is 3. The lowest BCUT2D eigenvalue weighted by Crippen LogP contribution is -2.34. The van der Waals surface area contributed by atoms with E-state index in [0.29, 0.717) is 27.8 Å². The summed E-state index contributed by atoms with van der Waals surface area (Å²) in [6.07, 6.45) is 2.51. The summed E-state index contributed by atoms with van der Waals surface area (Å²) in [4.78, 5) is 36.1. The summed E-state index contributed by atoms with van der Waals surface area (Å²) in [5.74, 6) is 0.262. The van der Waals surface area contributed by atoms with Crippen LogP contribution in [0.15, 0.2) is 67.5 Å². The number of nitrogen functional groups attached to an aromatic ring is 1. The number of benzene rings is 1. The Morgan fingerprint density at radius 1 is 1.11 bits per heavy atom. The topological polar surface area (TPSA) is 115 Å². The van der Waals surface area contributed by atoms with Gasteiger partial charge >= 0.3 is 6.18 Å². The fourth-order valence-corrected chi connectivity index (χ4v) is 3.90. The summed E-state index contributed by atoms with van der Waals surface area (Å²) in [6.45, 7) is 1.69. The van der Waals surface area contributed by atoms with Crippen molar-refractivity contribution in [3.8, 4) is 0 Å². The zero-order valence-corrected chi connectivity index (χ0v) is 18.9. The molecule has 0 unspecified atom stereocenters. The third kappa shape index (κ3) is 4.28. The number of hydrogen-bond acceptors (Lipinski definition) is 7. The molecular formula is C24H19F3N8O. The van der Waals surface area contributed by atoms with Gasteiger partial charge in [-0.15, -0.1) is 0 Å². The Hall–Kier alpha value is -4.61. The number of imidazole rings is 1. The zero-order valence-electron chi connectivity index (χ0n) is 18.9. The summed E-state index contributed by atoms with van der Waals surface area (Å²) in [6, 6.07) is 8.24. The first kappa shape index (κ1) is 23.1. The summed E-state index contributed by atoms with van der Waals surface area (Å²) in [5.41, 5.74) is 7.02. The van der Waals surface area contributed by atoms with E-state index in [1.807, 2.05) is 0 Å². The highest BCUT2D eigenvalue weighted by Crippen LogP contribution is 2.29. The number of anilines is 1. The first-order valence-corrected chi connectivity index (χ1v) is 10.8. The van der Waals surface area contributed by atoms with Gasteiger partial charge in [0.1, 0.15) is 12.2 Å². The van der Waals surface area contributed by atoms with E-state index in [2.05, 4.69) is 24.9 Å². The highest BCUT2D eigenvalue weighted by Gasteiger charge is 2.31. The van der Waals surface area contributed by atoms with Crippen molar-refractivity contribution < 1.29 is 18.0 Å². The average Bonchev–Trinajstić information content (AvgIpc) is 3.38. The van der Waals surface area contributed by atoms with E-state index in [4.69, 9.17) is 5.73 Å². The predicted molar refractivity (Wildman–Crippen MR) is 124 cm³/mol. The molecule has 0 bridgehead atoms. The fourth-order valence-electron chi connectivity index (χ4n) is 3.90. The Bertz CT molecular complexity index is 1550. The van der Waals surface area contributed by atoms with E-state index in [0.717, 1.165) is 12.3 Å². The second-order valence-corrected chi connectivity index (χ2v) is 8.10. The van der Waals surface area contributed by atoms with Gasteiger partial charge in [0.25, 0.3) is 5.91 Å². The van der Waals surface area contributed by atoms with Gasteiger partial charge in [-0.2, -0.15) is 13.2 Å². The molecule has 0 fully saturated rings. The SMILES string of the molecule is C[C@H](c1ncccn1)N(Cc1ccc(C(F)(F)F)cn1)C(=O)c1ccc2nc(N)n3cncc3c2c1. The molecule has 0 saturated carbocycles. The maximum Gasteiger partial charge on any atom is 0.417 e. The van der Waals surface area contributed by atoms with Crippen LogP contribution in [0.2, 0.25) is 0 Å². The van der Waals surface area contributed by atoms with Crippen LogP contribution in [0.3, 0.4) is 0 Å². The second-order valence-electron chi connectivity index (χ2n) is 8.10. The number of pyridine rings is 1. The molecule has 0 aliphatic carbocycles. The van der Waals surface area contributed by atoms with Crippen LogP contribution in [0.1, 0.15) is 40.4 Å². The molecule has 0 radical (unpaired) electrons. The second kappa shape index (κ2) is 8.87. The van der Waals surface area contributed by atoms with Crippen molar-refractivity contribution in [2.24, 2.45) is 0 Å². The van der Waals surface area contributed by atoms with Crippen LogP contribution in [-0.2, 0) is 12.7 Å². The minimum atomic E-state index is -4.51. The van der Waals surface area contributed by atoms with Crippen LogP contribution in [0.5, 0.6) is 0 Å². The first-order chi connectivity index (χ1) is 17.2. The van der Waals surface area contributed by atoms with Gasteiger partial charge in [0.2, 0.25) is 5.95 Å². The summed E-state index contributed by atoms with van der Waals surface area (Å²) < 4.78 is 40.6. The molecule has 5 rings (SSSR count). The summed E-state index contributed by atoms with van der Waals surface area (Å²) >= 11 is 0. The Balaban J connectivity index is 1.55. The molecule has 0 aliphatic rings. The van der Waals surface area contributed by atoms with Crippen LogP contribution in [0.4, 0.5) is 19.1 Å². The van der Waals surface area contributed by atoms with Crippen molar-refractivity contribution in [2.45, 2.75) is 25.7 Å². The Morgan fingerprint density at radius 2 is 1.89 bits per heavy atom. The van der Waals surface area contributed by atoms with Crippen LogP contribution in [0.25, 0.3) is 16.4 Å². The fraction of sp³-hybridized carbons (Fsp3) is 0.167. The van der Waals surface area contributed by atoms with Crippen LogP contribution in [0, 0.1) is 0 Å². The minimum absolute atomic E-state index is 0.0590. The van der Waals surface area contributed by atoms with Gasteiger partial charge < -0.3 is 10.6 Å². The molecule has 4 heterocycles. The van der Waals surface area contributed by atoms with Crippen molar-refractivity contribution in [3.05, 3.63) is 90.2 Å². The van der Waals surface area contributed by atoms with Gasteiger partial charge in [-0.1, -0.05) is 0 Å². The molecule has 0 spiro atoms. The Morgan fingerprint density at radius 3 is 2.58 bits per heavy atom. The summed E-state index contributed by atoms with van der Waals surface area (Å²) in [5, 5.41) is 0.670. The predicted octanol–water partition coefficient (Wildman–Crippen LogP) is 4.07. The van der Waals surface area contributed by atoms with Gasteiger partial charge in [0.15, 0.2) is 0 Å². The minimum Gasteiger partial charge on any atom is -0.369 e. The van der Waals surface area contributed by atoms with Gasteiger partial charge in [-0.05, 0) is 43.3 Å². The normalized spacial score (nSPS) is 12.7. The number of nitrogens with zero attached hydrogens (tertiary/aromatic N) is 7. The average molecular weight is 492 g/mol. The van der Waals surface area contributed by atoms with Gasteiger partial charge in [-0.25, -0.2) is 19.9 Å². The number of hydrogen-bond donors (Lipinski definition) is 1. The molecule has 4 aromatic heterocycles. The van der Waals surface area contributed by atoms with E-state index in [-0.39, 0.29) is 24.1 Å². The van der Waals surface area contributed by atoms with Crippen molar-refractivity contribution in [3.63, 3.8) is 0 Å². The van der Waals surface area contributed by atoms with Gasteiger partial charge in [-0.3, -0.25) is 14.2 Å². The molecule has 36 heavy (non-hydrogen) atoms. The highest BCUT2D eigenvalue weighted by atomic mass is 19.4. The number of aromatic nitrogens is 6. The number of carbonyl (C=O) groups is 1. The molecule has 182 valence electrons. The summed E-state index contributed by atoms with van der Waals surface area (Å²) in [7, 11) is 0. The van der Waals surface area contributed by atoms with Crippen molar-refractivity contribution in [1.29, 1.82) is 0 Å². The quantitative estimate of drug-likeness (QED) is 0.393. The molecule has 12 heteroatoms. The monoisotopic (exact) mass is 492 g/mol. The molecule has 9 nitrogen and oxygen atoms in total. The number of amides is 1. The van der Waals surface area contributed by atoms with E-state index in [1.165, 1.54) is 17.3 Å². The number of nitrogens with two attached hydrogens (primary N) is 1. The van der Waals surface area contributed by atoms with Crippen molar-refractivity contribution in [2.75, 3.05) is 5.73 Å². The lowest BCUT2D eigenvalue weighted by atomic mass is 10.1. The van der Waals surface area contributed by atoms with Crippen LogP contribution < -0.4 is 5.73 Å². The van der Waals surface area contributed by atoms with Crippen LogP contribution in [-0.4, -0.2) is 40.1 Å². The standard InChI is InChI=1S/C24H19F3N8O/c1-14(21-30-7-2-8-31-21)34(12-17-5-4-16(10-32-17)24(25,26)27)22(36)15-3-6-19-18(9-15)20-11-29-13-35(20)23(28)33-19/h2-11,13-14H,12H2,1H3,(H2,28,33)/t14-/m1/s1. The molecule has 0 saturated heterocycles. The van der Waals surface area contributed by atoms with E-state index < -0.39 is 17.8 Å². The Labute approximate surface area is 202 Å². The molecule has 0 aliphatic heterocycles. The third-order valence-corrected chi connectivity index (χ3v) is 5.81. The van der Waals surface area contributed by atoms with E-state index >= 15 is 0 Å². The number of carbonyl (C=O) groups excluding carboxylic acids is 1. The van der Waals surface area contributed by atoms with E-state index in [9.17, 15) is 18.0 Å². The number of halogens is 3. The Kier molecular flexibility index (Phi) is 5.71. The molecular weight excluding hydrogens is 473 g/mol.